The van der Waals surface area contributed by atoms with Gasteiger partial charge in [0.1, 0.15) is 11.1 Å². The summed E-state index contributed by atoms with van der Waals surface area (Å²) in [5.41, 5.74) is 2.05. The third-order valence-electron chi connectivity index (χ3n) is 4.72. The number of aryl methyl sites for hydroxylation is 1. The molecule has 0 bridgehead atoms. The van der Waals surface area contributed by atoms with Crippen molar-refractivity contribution in [3.8, 4) is 17.1 Å². The highest BCUT2D eigenvalue weighted by molar-refractivity contribution is 6.30. The van der Waals surface area contributed by atoms with Crippen LogP contribution in [-0.4, -0.2) is 21.3 Å². The molecule has 0 saturated carbocycles. The molecule has 0 fully saturated rings. The highest BCUT2D eigenvalue weighted by Crippen LogP contribution is 2.22. The van der Waals surface area contributed by atoms with Crippen molar-refractivity contribution in [2.24, 2.45) is 5.92 Å². The number of benzene rings is 1. The lowest BCUT2D eigenvalue weighted by molar-refractivity contribution is -0.134. The number of rotatable bonds is 10. The van der Waals surface area contributed by atoms with E-state index < -0.39 is 11.3 Å². The van der Waals surface area contributed by atoms with E-state index in [9.17, 15) is 4.79 Å². The lowest BCUT2D eigenvalue weighted by atomic mass is 10.1. The van der Waals surface area contributed by atoms with Crippen molar-refractivity contribution in [1.29, 1.82) is 0 Å². The van der Waals surface area contributed by atoms with Crippen molar-refractivity contribution < 1.29 is 9.53 Å². The Morgan fingerprint density at radius 3 is 2.33 bits per heavy atom. The normalized spacial score (nSPS) is 13.2. The van der Waals surface area contributed by atoms with Crippen molar-refractivity contribution >= 4 is 17.6 Å². The molecule has 0 spiro atoms. The summed E-state index contributed by atoms with van der Waals surface area (Å²) in [7, 11) is 0. The summed E-state index contributed by atoms with van der Waals surface area (Å²) < 4.78 is 5.36. The van der Waals surface area contributed by atoms with Gasteiger partial charge < -0.3 is 4.74 Å². The third kappa shape index (κ3) is 6.62. The van der Waals surface area contributed by atoms with E-state index in [1.807, 2.05) is 38.4 Å². The van der Waals surface area contributed by atoms with Gasteiger partial charge in [0.25, 0.3) is 0 Å². The first-order valence-electron chi connectivity index (χ1n) is 9.82. The molecule has 0 aliphatic heterocycles. The van der Waals surface area contributed by atoms with Gasteiger partial charge in [-0.15, -0.1) is 11.6 Å². The summed E-state index contributed by atoms with van der Waals surface area (Å²) in [6.07, 6.45) is 10.6. The number of alkyl halides is 1. The molecule has 1 heterocycles. The zero-order valence-corrected chi connectivity index (χ0v) is 17.2. The fraction of sp³-hybridized carbons (Fsp3) is 0.500. The van der Waals surface area contributed by atoms with Gasteiger partial charge in [-0.25, -0.2) is 9.97 Å². The maximum atomic E-state index is 12.1. The summed E-state index contributed by atoms with van der Waals surface area (Å²) in [4.78, 5) is 21.0. The predicted molar refractivity (Wildman–Crippen MR) is 110 cm³/mol. The summed E-state index contributed by atoms with van der Waals surface area (Å²) in [6.45, 7) is 6.15. The Morgan fingerprint density at radius 2 is 1.74 bits per heavy atom. The number of carbonyl (C=O) groups is 1. The number of esters is 1. The molecule has 0 saturated heterocycles. The van der Waals surface area contributed by atoms with Gasteiger partial charge in [0, 0.05) is 18.0 Å². The van der Waals surface area contributed by atoms with E-state index in [0.717, 1.165) is 18.4 Å². The fourth-order valence-corrected chi connectivity index (χ4v) is 2.90. The lowest BCUT2D eigenvalue weighted by Crippen LogP contribution is -2.26. The number of nitrogens with zero attached hydrogens (tertiary/aromatic N) is 2. The van der Waals surface area contributed by atoms with Crippen LogP contribution in [0.25, 0.3) is 11.4 Å². The van der Waals surface area contributed by atoms with E-state index >= 15 is 0 Å². The van der Waals surface area contributed by atoms with Crippen LogP contribution in [0.4, 0.5) is 0 Å². The molecule has 0 aliphatic rings. The largest absolute Gasteiger partial charge is 0.425 e. The molecule has 0 amide bonds. The number of carbonyl (C=O) groups excluding carboxylic acids is 1. The molecular weight excluding hydrogens is 360 g/mol. The zero-order chi connectivity index (χ0) is 19.6. The standard InChI is InChI=1S/C22H29ClN2O2/c1-4-6-7-8-9-17-14-24-21(25-15-17)18-10-12-19(13-11-18)27-22(26)20(23)16(3)5-2/h10-16,20H,4-9H2,1-3H3. The smallest absolute Gasteiger partial charge is 0.329 e. The molecule has 2 atom stereocenters. The number of hydrogen-bond acceptors (Lipinski definition) is 4. The van der Waals surface area contributed by atoms with Gasteiger partial charge >= 0.3 is 5.97 Å². The van der Waals surface area contributed by atoms with Crippen LogP contribution in [0.3, 0.4) is 0 Å². The van der Waals surface area contributed by atoms with Crippen LogP contribution in [0.1, 0.15) is 58.4 Å². The van der Waals surface area contributed by atoms with Gasteiger partial charge in [-0.2, -0.15) is 0 Å². The average Bonchev–Trinajstić information content (AvgIpc) is 2.71. The van der Waals surface area contributed by atoms with Crippen LogP contribution in [0.2, 0.25) is 0 Å². The number of unbranched alkanes of at least 4 members (excludes halogenated alkanes) is 3. The van der Waals surface area contributed by atoms with Crippen LogP contribution in [0.15, 0.2) is 36.7 Å². The van der Waals surface area contributed by atoms with Crippen LogP contribution >= 0.6 is 11.6 Å². The average molecular weight is 389 g/mol. The van der Waals surface area contributed by atoms with Crippen molar-refractivity contribution in [3.05, 3.63) is 42.2 Å². The van der Waals surface area contributed by atoms with E-state index in [1.54, 1.807) is 12.1 Å². The lowest BCUT2D eigenvalue weighted by Gasteiger charge is -2.14. The van der Waals surface area contributed by atoms with Crippen molar-refractivity contribution in [2.75, 3.05) is 0 Å². The van der Waals surface area contributed by atoms with Crippen molar-refractivity contribution in [1.82, 2.24) is 9.97 Å². The highest BCUT2D eigenvalue weighted by atomic mass is 35.5. The summed E-state index contributed by atoms with van der Waals surface area (Å²) >= 11 is 6.13. The molecule has 4 nitrogen and oxygen atoms in total. The zero-order valence-electron chi connectivity index (χ0n) is 16.5. The summed E-state index contributed by atoms with van der Waals surface area (Å²) in [5, 5.41) is -0.636. The quantitative estimate of drug-likeness (QED) is 0.222. The molecular formula is C22H29ClN2O2. The first-order valence-corrected chi connectivity index (χ1v) is 10.3. The topological polar surface area (TPSA) is 52.1 Å². The molecule has 0 radical (unpaired) electrons. The maximum absolute atomic E-state index is 12.1. The Morgan fingerprint density at radius 1 is 1.07 bits per heavy atom. The summed E-state index contributed by atoms with van der Waals surface area (Å²) in [5.74, 6) is 0.806. The highest BCUT2D eigenvalue weighted by Gasteiger charge is 2.23. The first-order chi connectivity index (χ1) is 13.0. The Hall–Kier alpha value is -1.94. The van der Waals surface area contributed by atoms with E-state index in [0.29, 0.717) is 11.6 Å². The van der Waals surface area contributed by atoms with Gasteiger partial charge in [-0.3, -0.25) is 4.79 Å². The second-order valence-electron chi connectivity index (χ2n) is 6.96. The van der Waals surface area contributed by atoms with Crippen LogP contribution < -0.4 is 4.74 Å². The van der Waals surface area contributed by atoms with Gasteiger partial charge in [0.15, 0.2) is 5.82 Å². The van der Waals surface area contributed by atoms with Crippen molar-refractivity contribution in [3.63, 3.8) is 0 Å². The van der Waals surface area contributed by atoms with E-state index in [4.69, 9.17) is 16.3 Å². The fourth-order valence-electron chi connectivity index (χ4n) is 2.67. The number of ether oxygens (including phenoxy) is 1. The monoisotopic (exact) mass is 388 g/mol. The minimum Gasteiger partial charge on any atom is -0.425 e. The first kappa shape index (κ1) is 21.4. The molecule has 27 heavy (non-hydrogen) atoms. The van der Waals surface area contributed by atoms with Crippen LogP contribution in [0.5, 0.6) is 5.75 Å². The van der Waals surface area contributed by atoms with Gasteiger partial charge in [-0.1, -0.05) is 46.5 Å². The Balaban J connectivity index is 1.93. The molecule has 1 aromatic heterocycles. The second kappa shape index (κ2) is 11.0. The number of hydrogen-bond donors (Lipinski definition) is 0. The third-order valence-corrected chi connectivity index (χ3v) is 5.33. The van der Waals surface area contributed by atoms with E-state index in [2.05, 4.69) is 16.9 Å². The Bertz CT molecular complexity index is 701. The van der Waals surface area contributed by atoms with Gasteiger partial charge in [-0.05, 0) is 48.6 Å². The second-order valence-corrected chi connectivity index (χ2v) is 7.43. The minimum absolute atomic E-state index is 0.0762. The molecule has 5 heteroatoms. The molecule has 146 valence electrons. The number of aromatic nitrogens is 2. The van der Waals surface area contributed by atoms with Crippen LogP contribution in [-0.2, 0) is 11.2 Å². The number of halogens is 1. The van der Waals surface area contributed by atoms with E-state index in [1.165, 1.54) is 31.2 Å². The van der Waals surface area contributed by atoms with Crippen molar-refractivity contribution in [2.45, 2.75) is 64.7 Å². The van der Waals surface area contributed by atoms with Crippen LogP contribution in [0, 0.1) is 5.92 Å². The Kier molecular flexibility index (Phi) is 8.73. The SMILES string of the molecule is CCCCCCc1cnc(-c2ccc(OC(=O)C(Cl)C(C)CC)cc2)nc1. The van der Waals surface area contributed by atoms with E-state index in [-0.39, 0.29) is 5.92 Å². The Labute approximate surface area is 167 Å². The molecule has 0 N–H and O–H groups in total. The molecule has 1 aromatic carbocycles. The maximum Gasteiger partial charge on any atom is 0.329 e. The van der Waals surface area contributed by atoms with Gasteiger partial charge in [0.2, 0.25) is 0 Å². The molecule has 2 unspecified atom stereocenters. The molecule has 2 aromatic rings. The molecule has 2 rings (SSSR count). The van der Waals surface area contributed by atoms with Gasteiger partial charge in [0.05, 0.1) is 0 Å². The minimum atomic E-state index is -0.636. The molecule has 0 aliphatic carbocycles. The predicted octanol–water partition coefficient (Wildman–Crippen LogP) is 5.83. The summed E-state index contributed by atoms with van der Waals surface area (Å²) in [6, 6.07) is 7.20.